The Balaban J connectivity index is 2.35. The molecule has 0 amide bonds. The van der Waals surface area contributed by atoms with Crippen LogP contribution in [0.2, 0.25) is 0 Å². The third-order valence-corrected chi connectivity index (χ3v) is 2.85. The first kappa shape index (κ1) is 14.1. The Bertz CT molecular complexity index is 618. The summed E-state index contributed by atoms with van der Waals surface area (Å²) >= 11 is 0. The van der Waals surface area contributed by atoms with Crippen LogP contribution in [0.3, 0.4) is 0 Å². The highest BCUT2D eigenvalue weighted by atomic mass is 19.4. The van der Waals surface area contributed by atoms with Crippen LogP contribution in [0.25, 0.3) is 16.9 Å². The molecule has 0 aliphatic carbocycles. The molecule has 2 aromatic rings. The van der Waals surface area contributed by atoms with Crippen molar-refractivity contribution in [1.82, 2.24) is 4.98 Å². The van der Waals surface area contributed by atoms with Crippen molar-refractivity contribution in [3.8, 4) is 11.1 Å². The lowest BCUT2D eigenvalue weighted by atomic mass is 10.0. The predicted octanol–water partition coefficient (Wildman–Crippen LogP) is 4.38. The lowest BCUT2D eigenvalue weighted by molar-refractivity contribution is -0.137. The van der Waals surface area contributed by atoms with Gasteiger partial charge in [0.05, 0.1) is 12.7 Å². The van der Waals surface area contributed by atoms with E-state index in [1.165, 1.54) is 19.2 Å². The molecule has 5 heteroatoms. The number of halogens is 3. The Morgan fingerprint density at radius 3 is 2.30 bits per heavy atom. The number of hydrogen-bond acceptors (Lipinski definition) is 2. The summed E-state index contributed by atoms with van der Waals surface area (Å²) in [6.45, 7) is 3.71. The van der Waals surface area contributed by atoms with Crippen LogP contribution in [-0.4, -0.2) is 12.1 Å². The van der Waals surface area contributed by atoms with Crippen molar-refractivity contribution < 1.29 is 17.9 Å². The summed E-state index contributed by atoms with van der Waals surface area (Å²) < 4.78 is 42.5. The van der Waals surface area contributed by atoms with Crippen LogP contribution in [0.5, 0.6) is 0 Å². The van der Waals surface area contributed by atoms with Crippen LogP contribution in [0.4, 0.5) is 13.2 Å². The van der Waals surface area contributed by atoms with E-state index in [2.05, 4.69) is 11.6 Å². The number of methoxy groups -OCH3 is 1. The third kappa shape index (κ3) is 2.99. The van der Waals surface area contributed by atoms with Gasteiger partial charge in [-0.05, 0) is 23.8 Å². The number of rotatable bonds is 3. The van der Waals surface area contributed by atoms with Gasteiger partial charge in [-0.3, -0.25) is 4.98 Å². The maximum absolute atomic E-state index is 12.5. The molecule has 2 rings (SSSR count). The van der Waals surface area contributed by atoms with Crippen molar-refractivity contribution in [2.45, 2.75) is 6.18 Å². The second-order valence-electron chi connectivity index (χ2n) is 4.16. The van der Waals surface area contributed by atoms with Gasteiger partial charge >= 0.3 is 6.18 Å². The number of pyridine rings is 1. The van der Waals surface area contributed by atoms with E-state index in [1.807, 2.05) is 0 Å². The molecule has 2 nitrogen and oxygen atoms in total. The maximum Gasteiger partial charge on any atom is 0.416 e. The largest absolute Gasteiger partial charge is 0.497 e. The molecule has 0 N–H and O–H groups in total. The van der Waals surface area contributed by atoms with Crippen molar-refractivity contribution in [1.29, 1.82) is 0 Å². The minimum Gasteiger partial charge on any atom is -0.497 e. The number of alkyl halides is 3. The fourth-order valence-electron chi connectivity index (χ4n) is 1.72. The molecule has 104 valence electrons. The van der Waals surface area contributed by atoms with Crippen LogP contribution in [0, 0.1) is 0 Å². The van der Waals surface area contributed by atoms with E-state index < -0.39 is 11.7 Å². The first-order chi connectivity index (χ1) is 9.41. The fraction of sp³-hybridized carbons (Fsp3) is 0.133. The fourth-order valence-corrected chi connectivity index (χ4v) is 1.72. The Morgan fingerprint density at radius 1 is 1.10 bits per heavy atom. The first-order valence-corrected chi connectivity index (χ1v) is 5.78. The highest BCUT2D eigenvalue weighted by Gasteiger charge is 2.29. The first-order valence-electron chi connectivity index (χ1n) is 5.78. The summed E-state index contributed by atoms with van der Waals surface area (Å²) in [5.41, 5.74) is 1.36. The minimum atomic E-state index is -4.33. The standard InChI is InChI=1S/C15H12F3NO/c1-10(20-2)12-7-13(9-19-8-12)11-3-5-14(6-4-11)15(16,17)18/h3-9H,1H2,2H3. The molecule has 1 aromatic carbocycles. The Labute approximate surface area is 114 Å². The molecule has 0 unspecified atom stereocenters. The number of hydrogen-bond donors (Lipinski definition) is 0. The van der Waals surface area contributed by atoms with Gasteiger partial charge in [-0.2, -0.15) is 13.2 Å². The smallest absolute Gasteiger partial charge is 0.416 e. The zero-order valence-corrected chi connectivity index (χ0v) is 10.7. The second-order valence-corrected chi connectivity index (χ2v) is 4.16. The molecular weight excluding hydrogens is 267 g/mol. The highest BCUT2D eigenvalue weighted by Crippen LogP contribution is 2.31. The average molecular weight is 279 g/mol. The topological polar surface area (TPSA) is 22.1 Å². The Morgan fingerprint density at radius 2 is 1.75 bits per heavy atom. The number of benzene rings is 1. The average Bonchev–Trinajstić information content (AvgIpc) is 2.46. The van der Waals surface area contributed by atoms with Crippen molar-refractivity contribution in [3.63, 3.8) is 0 Å². The molecule has 0 bridgehead atoms. The van der Waals surface area contributed by atoms with Crippen LogP contribution < -0.4 is 0 Å². The van der Waals surface area contributed by atoms with E-state index in [-0.39, 0.29) is 0 Å². The van der Waals surface area contributed by atoms with E-state index in [4.69, 9.17) is 4.74 Å². The van der Waals surface area contributed by atoms with Crippen molar-refractivity contribution >= 4 is 5.76 Å². The lowest BCUT2D eigenvalue weighted by Crippen LogP contribution is -2.04. The normalized spacial score (nSPS) is 11.2. The quantitative estimate of drug-likeness (QED) is 0.778. The number of aromatic nitrogens is 1. The molecule has 0 atom stereocenters. The molecule has 1 heterocycles. The molecule has 0 saturated carbocycles. The minimum absolute atomic E-state index is 0.450. The van der Waals surface area contributed by atoms with Gasteiger partial charge in [0.1, 0.15) is 5.76 Å². The van der Waals surface area contributed by atoms with Gasteiger partial charge < -0.3 is 4.74 Å². The Hall–Kier alpha value is -2.30. The zero-order chi connectivity index (χ0) is 14.8. The van der Waals surface area contributed by atoms with Crippen molar-refractivity contribution in [2.24, 2.45) is 0 Å². The SMILES string of the molecule is C=C(OC)c1cncc(-c2ccc(C(F)(F)F)cc2)c1. The van der Waals surface area contributed by atoms with Gasteiger partial charge in [0.25, 0.3) is 0 Å². The number of nitrogens with zero attached hydrogens (tertiary/aromatic N) is 1. The van der Waals surface area contributed by atoms with E-state index in [0.717, 1.165) is 12.1 Å². The van der Waals surface area contributed by atoms with E-state index in [0.29, 0.717) is 22.4 Å². The summed E-state index contributed by atoms with van der Waals surface area (Å²) in [5.74, 6) is 0.450. The molecule has 0 radical (unpaired) electrons. The van der Waals surface area contributed by atoms with Gasteiger partial charge in [-0.15, -0.1) is 0 Å². The van der Waals surface area contributed by atoms with Gasteiger partial charge in [-0.25, -0.2) is 0 Å². The summed E-state index contributed by atoms with van der Waals surface area (Å²) in [7, 11) is 1.49. The van der Waals surface area contributed by atoms with Crippen LogP contribution in [0.1, 0.15) is 11.1 Å². The molecule has 0 fully saturated rings. The second kappa shape index (κ2) is 5.36. The third-order valence-electron chi connectivity index (χ3n) is 2.85. The molecule has 0 aliphatic heterocycles. The predicted molar refractivity (Wildman–Crippen MR) is 70.7 cm³/mol. The lowest BCUT2D eigenvalue weighted by Gasteiger charge is -2.09. The zero-order valence-electron chi connectivity index (χ0n) is 10.7. The molecule has 1 aromatic heterocycles. The number of ether oxygens (including phenoxy) is 1. The molecule has 0 aliphatic rings. The van der Waals surface area contributed by atoms with E-state index in [1.54, 1.807) is 18.5 Å². The van der Waals surface area contributed by atoms with E-state index >= 15 is 0 Å². The molecule has 0 spiro atoms. The molecule has 0 saturated heterocycles. The summed E-state index contributed by atoms with van der Waals surface area (Å²) in [6.07, 6.45) is -1.17. The molecule has 20 heavy (non-hydrogen) atoms. The van der Waals surface area contributed by atoms with Crippen molar-refractivity contribution in [3.05, 3.63) is 60.4 Å². The maximum atomic E-state index is 12.5. The summed E-state index contributed by atoms with van der Waals surface area (Å²) in [6, 6.07) is 6.69. The van der Waals surface area contributed by atoms with Crippen LogP contribution in [-0.2, 0) is 10.9 Å². The van der Waals surface area contributed by atoms with Gasteiger partial charge in [0.15, 0.2) is 0 Å². The summed E-state index contributed by atoms with van der Waals surface area (Å²) in [4.78, 5) is 4.04. The van der Waals surface area contributed by atoms with Gasteiger partial charge in [0, 0.05) is 23.5 Å². The molecular formula is C15H12F3NO. The van der Waals surface area contributed by atoms with Gasteiger partial charge in [0.2, 0.25) is 0 Å². The Kier molecular flexibility index (Phi) is 3.79. The van der Waals surface area contributed by atoms with Crippen LogP contribution in [0.15, 0.2) is 49.3 Å². The van der Waals surface area contributed by atoms with Crippen molar-refractivity contribution in [2.75, 3.05) is 7.11 Å². The summed E-state index contributed by atoms with van der Waals surface area (Å²) in [5, 5.41) is 0. The van der Waals surface area contributed by atoms with Gasteiger partial charge in [-0.1, -0.05) is 18.7 Å². The van der Waals surface area contributed by atoms with Crippen LogP contribution >= 0.6 is 0 Å². The monoisotopic (exact) mass is 279 g/mol. The highest BCUT2D eigenvalue weighted by molar-refractivity contribution is 5.68. The van der Waals surface area contributed by atoms with E-state index in [9.17, 15) is 13.2 Å².